The highest BCUT2D eigenvalue weighted by Gasteiger charge is 2.15. The number of hydrogen-bond donors (Lipinski definition) is 0. The Kier molecular flexibility index (Phi) is 6.03. The van der Waals surface area contributed by atoms with Gasteiger partial charge in [0, 0.05) is 12.1 Å². The molecule has 2 aliphatic carbocycles. The van der Waals surface area contributed by atoms with Crippen LogP contribution in [-0.2, 0) is 0 Å². The molecule has 0 spiro atoms. The second-order valence-electron chi connectivity index (χ2n) is 7.02. The molecule has 3 rings (SSSR count). The van der Waals surface area contributed by atoms with E-state index in [1.54, 1.807) is 0 Å². The second-order valence-corrected chi connectivity index (χ2v) is 7.02. The fraction of sp³-hybridized carbons (Fsp3) is 0.700. The van der Waals surface area contributed by atoms with Crippen molar-refractivity contribution in [2.75, 3.05) is 13.2 Å². The topological polar surface area (TPSA) is 18.5 Å². The molecule has 0 saturated heterocycles. The first-order valence-electron chi connectivity index (χ1n) is 9.17. The minimum absolute atomic E-state index is 0.731. The summed E-state index contributed by atoms with van der Waals surface area (Å²) in [5.74, 6) is 3.24. The van der Waals surface area contributed by atoms with Crippen LogP contribution >= 0.6 is 0 Å². The lowest BCUT2D eigenvalue weighted by atomic mass is 9.90. The predicted octanol–water partition coefficient (Wildman–Crippen LogP) is 5.40. The molecule has 0 atom stereocenters. The monoisotopic (exact) mass is 301 g/mol. The summed E-state index contributed by atoms with van der Waals surface area (Å²) in [6.07, 6.45) is 13.5. The van der Waals surface area contributed by atoms with Crippen LogP contribution in [0.4, 0.5) is 0 Å². The molecular weight excluding hydrogens is 272 g/mol. The van der Waals surface area contributed by atoms with Crippen LogP contribution in [-0.4, -0.2) is 13.2 Å². The van der Waals surface area contributed by atoms with Crippen LogP contribution in [0.15, 0.2) is 18.2 Å². The molecule has 0 aliphatic heterocycles. The Balaban J connectivity index is 1.44. The molecule has 1 radical (unpaired) electrons. The first kappa shape index (κ1) is 15.7. The largest absolute Gasteiger partial charge is 0.493 e. The van der Waals surface area contributed by atoms with Gasteiger partial charge in [0.1, 0.15) is 11.5 Å². The van der Waals surface area contributed by atoms with Crippen molar-refractivity contribution < 1.29 is 9.47 Å². The summed E-state index contributed by atoms with van der Waals surface area (Å²) in [7, 11) is 0. The van der Waals surface area contributed by atoms with Crippen LogP contribution in [0.25, 0.3) is 0 Å². The summed E-state index contributed by atoms with van der Waals surface area (Å²) in [5, 5.41) is 0. The molecule has 2 nitrogen and oxygen atoms in total. The Hall–Kier alpha value is -1.18. The molecular formula is C20H29O2. The average molecular weight is 301 g/mol. The third kappa shape index (κ3) is 4.93. The van der Waals surface area contributed by atoms with Gasteiger partial charge in [-0.25, -0.2) is 0 Å². The normalized spacial score (nSPS) is 20.7. The summed E-state index contributed by atoms with van der Waals surface area (Å²) in [6.45, 7) is 1.69. The van der Waals surface area contributed by atoms with E-state index in [2.05, 4.69) is 6.07 Å². The summed E-state index contributed by atoms with van der Waals surface area (Å²) in [6, 6.07) is 9.11. The van der Waals surface area contributed by atoms with Gasteiger partial charge in [-0.3, -0.25) is 0 Å². The number of hydrogen-bond acceptors (Lipinski definition) is 2. The van der Waals surface area contributed by atoms with Gasteiger partial charge in [-0.15, -0.1) is 0 Å². The zero-order chi connectivity index (χ0) is 15.0. The van der Waals surface area contributed by atoms with Gasteiger partial charge in [0.2, 0.25) is 0 Å². The molecule has 1 aromatic carbocycles. The number of rotatable bonds is 6. The zero-order valence-corrected chi connectivity index (χ0v) is 13.7. The van der Waals surface area contributed by atoms with E-state index in [1.165, 1.54) is 64.2 Å². The van der Waals surface area contributed by atoms with Gasteiger partial charge in [0.05, 0.1) is 13.2 Å². The van der Waals surface area contributed by atoms with Crippen molar-refractivity contribution in [3.05, 3.63) is 24.3 Å². The van der Waals surface area contributed by atoms with E-state index in [9.17, 15) is 0 Å². The lowest BCUT2D eigenvalue weighted by Crippen LogP contribution is -2.16. The summed E-state index contributed by atoms with van der Waals surface area (Å²) < 4.78 is 11.9. The Labute approximate surface area is 135 Å². The van der Waals surface area contributed by atoms with E-state index >= 15 is 0 Å². The second kappa shape index (κ2) is 8.45. The van der Waals surface area contributed by atoms with Crippen molar-refractivity contribution >= 4 is 0 Å². The molecule has 1 aromatic rings. The van der Waals surface area contributed by atoms with E-state index in [0.29, 0.717) is 0 Å². The molecule has 0 heterocycles. The maximum atomic E-state index is 5.98. The summed E-state index contributed by atoms with van der Waals surface area (Å²) in [4.78, 5) is 0. The molecule has 0 N–H and O–H groups in total. The van der Waals surface area contributed by atoms with Crippen molar-refractivity contribution in [2.24, 2.45) is 11.8 Å². The molecule has 2 fully saturated rings. The van der Waals surface area contributed by atoms with Crippen LogP contribution < -0.4 is 9.47 Å². The van der Waals surface area contributed by atoms with Crippen molar-refractivity contribution in [3.8, 4) is 11.5 Å². The van der Waals surface area contributed by atoms with E-state index in [4.69, 9.17) is 9.47 Å². The lowest BCUT2D eigenvalue weighted by Gasteiger charge is -2.22. The van der Waals surface area contributed by atoms with Gasteiger partial charge < -0.3 is 9.47 Å². The van der Waals surface area contributed by atoms with Crippen LogP contribution in [0.5, 0.6) is 11.5 Å². The third-order valence-corrected chi connectivity index (χ3v) is 5.16. The van der Waals surface area contributed by atoms with Gasteiger partial charge in [0.15, 0.2) is 0 Å². The quantitative estimate of drug-likeness (QED) is 0.700. The van der Waals surface area contributed by atoms with Gasteiger partial charge in [0.25, 0.3) is 0 Å². The molecule has 0 aromatic heterocycles. The molecule has 22 heavy (non-hydrogen) atoms. The van der Waals surface area contributed by atoms with E-state index in [1.807, 2.05) is 18.2 Å². The highest BCUT2D eigenvalue weighted by atomic mass is 16.5. The van der Waals surface area contributed by atoms with E-state index in [-0.39, 0.29) is 0 Å². The van der Waals surface area contributed by atoms with Crippen molar-refractivity contribution in [2.45, 2.75) is 64.2 Å². The minimum Gasteiger partial charge on any atom is -0.493 e. The smallest absolute Gasteiger partial charge is 0.130 e. The number of ether oxygens (including phenoxy) is 2. The number of benzene rings is 1. The first-order valence-corrected chi connectivity index (χ1v) is 9.17. The van der Waals surface area contributed by atoms with Crippen molar-refractivity contribution in [1.29, 1.82) is 0 Å². The maximum Gasteiger partial charge on any atom is 0.130 e. The van der Waals surface area contributed by atoms with Crippen LogP contribution in [0.2, 0.25) is 0 Å². The fourth-order valence-electron chi connectivity index (χ4n) is 3.73. The average Bonchev–Trinajstić information content (AvgIpc) is 2.60. The highest BCUT2D eigenvalue weighted by Crippen LogP contribution is 2.27. The minimum atomic E-state index is 0.731. The zero-order valence-electron chi connectivity index (χ0n) is 13.7. The van der Waals surface area contributed by atoms with Crippen molar-refractivity contribution in [3.63, 3.8) is 0 Å². The molecule has 0 bridgehead atoms. The van der Waals surface area contributed by atoms with Crippen molar-refractivity contribution in [1.82, 2.24) is 0 Å². The molecule has 2 heteroatoms. The molecule has 2 aliphatic rings. The molecule has 121 valence electrons. The molecule has 0 unspecified atom stereocenters. The summed E-state index contributed by atoms with van der Waals surface area (Å²) >= 11 is 0. The Morgan fingerprint density at radius 1 is 0.818 bits per heavy atom. The van der Waals surface area contributed by atoms with Crippen LogP contribution in [0, 0.1) is 17.9 Å². The third-order valence-electron chi connectivity index (χ3n) is 5.16. The Morgan fingerprint density at radius 2 is 1.41 bits per heavy atom. The molecule has 2 saturated carbocycles. The van der Waals surface area contributed by atoms with Gasteiger partial charge >= 0.3 is 0 Å². The van der Waals surface area contributed by atoms with Gasteiger partial charge in [-0.2, -0.15) is 0 Å². The predicted molar refractivity (Wildman–Crippen MR) is 89.4 cm³/mol. The lowest BCUT2D eigenvalue weighted by molar-refractivity contribution is 0.200. The van der Waals surface area contributed by atoms with E-state index < -0.39 is 0 Å². The van der Waals surface area contributed by atoms with Gasteiger partial charge in [-0.05, 0) is 49.7 Å². The first-order chi connectivity index (χ1) is 10.9. The van der Waals surface area contributed by atoms with Gasteiger partial charge in [-0.1, -0.05) is 38.5 Å². The summed E-state index contributed by atoms with van der Waals surface area (Å²) in [5.41, 5.74) is 0. The maximum absolute atomic E-state index is 5.98. The molecule has 0 amide bonds. The van der Waals surface area contributed by atoms with Crippen LogP contribution in [0.1, 0.15) is 64.2 Å². The standard InChI is InChI=1S/C20H29O2/c1-3-8-17(9-4-1)15-21-19-12-7-13-20(14-19)22-16-18-10-5-2-6-11-18/h7,12,14,17-18H,1-6,8-11,15-16H2. The SMILES string of the molecule is [c]1ccc(OCC2CCCCC2)cc1OCC1CCCCC1. The Morgan fingerprint density at radius 3 is 2.05 bits per heavy atom. The highest BCUT2D eigenvalue weighted by molar-refractivity contribution is 5.31. The Bertz CT molecular complexity index is 394. The fourth-order valence-corrected chi connectivity index (χ4v) is 3.73. The van der Waals surface area contributed by atoms with E-state index in [0.717, 1.165) is 36.5 Å². The van der Waals surface area contributed by atoms with Crippen LogP contribution in [0.3, 0.4) is 0 Å².